The van der Waals surface area contributed by atoms with E-state index >= 15 is 0 Å². The number of fused-ring (bicyclic) bond motifs is 3. The van der Waals surface area contributed by atoms with Gasteiger partial charge in [-0.25, -0.2) is 0 Å². The molecule has 2 heterocycles. The van der Waals surface area contributed by atoms with Crippen molar-refractivity contribution < 1.29 is 23.7 Å². The van der Waals surface area contributed by atoms with Crippen LogP contribution in [-0.2, 0) is 19.0 Å². The van der Waals surface area contributed by atoms with E-state index < -0.39 is 0 Å². The summed E-state index contributed by atoms with van der Waals surface area (Å²) < 4.78 is 23.2. The van der Waals surface area contributed by atoms with Crippen LogP contribution in [0, 0.1) is 23.2 Å². The molecule has 6 heteroatoms. The Morgan fingerprint density at radius 1 is 1.18 bits per heavy atom. The van der Waals surface area contributed by atoms with Gasteiger partial charge < -0.3 is 18.9 Å². The number of ether oxygens (including phenoxy) is 4. The molecule has 33 heavy (non-hydrogen) atoms. The van der Waals surface area contributed by atoms with Crippen LogP contribution < -0.4 is 4.74 Å². The lowest BCUT2D eigenvalue weighted by Crippen LogP contribution is -2.56. The number of carbonyl (C=O) groups excluding carboxylic acids is 1. The molecule has 3 fully saturated rings. The van der Waals surface area contributed by atoms with E-state index in [1.54, 1.807) is 12.4 Å². The van der Waals surface area contributed by atoms with Crippen LogP contribution in [0.25, 0.3) is 0 Å². The minimum absolute atomic E-state index is 0.0300. The van der Waals surface area contributed by atoms with Gasteiger partial charge >= 0.3 is 5.97 Å². The number of rotatable bonds is 7. The summed E-state index contributed by atoms with van der Waals surface area (Å²) in [5, 5.41) is 0. The van der Waals surface area contributed by atoms with Crippen molar-refractivity contribution in [2.45, 2.75) is 77.1 Å². The molecule has 1 unspecified atom stereocenters. The van der Waals surface area contributed by atoms with Crippen LogP contribution >= 0.6 is 0 Å². The molecule has 6 atom stereocenters. The highest BCUT2D eigenvalue weighted by molar-refractivity contribution is 5.69. The fraction of sp³-hybridized carbons (Fsp3) is 0.704. The molecule has 6 nitrogen and oxygen atoms in total. The van der Waals surface area contributed by atoms with Crippen LogP contribution in [0.2, 0.25) is 0 Å². The van der Waals surface area contributed by atoms with Crippen LogP contribution in [-0.4, -0.2) is 43.7 Å². The average molecular weight is 458 g/mol. The van der Waals surface area contributed by atoms with Gasteiger partial charge in [-0.2, -0.15) is 0 Å². The van der Waals surface area contributed by atoms with Crippen molar-refractivity contribution in [2.75, 3.05) is 20.3 Å². The van der Waals surface area contributed by atoms with Gasteiger partial charge in [-0.3, -0.25) is 9.78 Å². The molecule has 0 aromatic carbocycles. The van der Waals surface area contributed by atoms with Gasteiger partial charge in [-0.15, -0.1) is 0 Å². The number of esters is 1. The average Bonchev–Trinajstić information content (AvgIpc) is 2.82. The summed E-state index contributed by atoms with van der Waals surface area (Å²) >= 11 is 0. The van der Waals surface area contributed by atoms with E-state index in [1.807, 2.05) is 12.1 Å². The van der Waals surface area contributed by atoms with Crippen LogP contribution in [0.3, 0.4) is 0 Å². The first kappa shape index (κ1) is 24.2. The predicted octanol–water partition coefficient (Wildman–Crippen LogP) is 5.32. The van der Waals surface area contributed by atoms with Crippen molar-refractivity contribution in [1.29, 1.82) is 0 Å². The van der Waals surface area contributed by atoms with Gasteiger partial charge in [-0.05, 0) is 74.8 Å². The Bertz CT molecular complexity index is 799. The minimum Gasteiger partial charge on any atom is -0.493 e. The monoisotopic (exact) mass is 457 g/mol. The summed E-state index contributed by atoms with van der Waals surface area (Å²) in [6.07, 6.45) is 12.3. The number of carbonyl (C=O) groups is 1. The molecule has 0 amide bonds. The smallest absolute Gasteiger partial charge is 0.305 e. The van der Waals surface area contributed by atoms with Crippen molar-refractivity contribution in [3.05, 3.63) is 36.7 Å². The zero-order valence-corrected chi connectivity index (χ0v) is 20.2. The highest BCUT2D eigenvalue weighted by Crippen LogP contribution is 2.53. The Labute approximate surface area is 198 Å². The van der Waals surface area contributed by atoms with E-state index in [2.05, 4.69) is 18.5 Å². The second-order valence-electron chi connectivity index (χ2n) is 10.2. The summed E-state index contributed by atoms with van der Waals surface area (Å²) in [4.78, 5) is 15.5. The first-order valence-corrected chi connectivity index (χ1v) is 12.5. The Balaban J connectivity index is 1.31. The zero-order chi connectivity index (χ0) is 23.3. The molecule has 4 rings (SSSR count). The Hall–Kier alpha value is -1.92. The molecule has 3 aliphatic rings. The van der Waals surface area contributed by atoms with Gasteiger partial charge in [0.25, 0.3) is 0 Å². The van der Waals surface area contributed by atoms with Gasteiger partial charge in [0.05, 0.1) is 32.8 Å². The minimum atomic E-state index is -0.299. The van der Waals surface area contributed by atoms with E-state index in [0.29, 0.717) is 37.2 Å². The van der Waals surface area contributed by atoms with E-state index in [4.69, 9.17) is 18.9 Å². The lowest BCUT2D eigenvalue weighted by molar-refractivity contribution is -0.292. The van der Waals surface area contributed by atoms with Crippen molar-refractivity contribution in [2.24, 2.45) is 23.2 Å². The summed E-state index contributed by atoms with van der Waals surface area (Å²) in [6.45, 7) is 8.26. The predicted molar refractivity (Wildman–Crippen MR) is 126 cm³/mol. The Morgan fingerprint density at radius 2 is 1.97 bits per heavy atom. The molecule has 1 saturated heterocycles. The largest absolute Gasteiger partial charge is 0.493 e. The maximum absolute atomic E-state index is 11.5. The zero-order valence-electron chi connectivity index (χ0n) is 20.2. The van der Waals surface area contributed by atoms with Gasteiger partial charge in [-0.1, -0.05) is 19.1 Å². The fourth-order valence-corrected chi connectivity index (χ4v) is 6.26. The van der Waals surface area contributed by atoms with E-state index in [0.717, 1.165) is 38.0 Å². The molecule has 182 valence electrons. The van der Waals surface area contributed by atoms with Crippen LogP contribution in [0.4, 0.5) is 0 Å². The molecule has 1 aromatic heterocycles. The second kappa shape index (κ2) is 11.0. The first-order chi connectivity index (χ1) is 16.0. The third-order valence-electron chi connectivity index (χ3n) is 8.28. The number of allylic oxidation sites excluding steroid dienone is 1. The SMILES string of the molecule is C=C1CCC2[C@@H](CC[C@@H]1CCOc1ccncc1)CC[C@H]1O[C@H](CCC(=O)OC)OC[C@@]21C. The first-order valence-electron chi connectivity index (χ1n) is 12.5. The third-order valence-corrected chi connectivity index (χ3v) is 8.28. The lowest BCUT2D eigenvalue weighted by Gasteiger charge is -2.55. The number of hydrogen-bond acceptors (Lipinski definition) is 6. The van der Waals surface area contributed by atoms with Crippen molar-refractivity contribution in [3.63, 3.8) is 0 Å². The topological polar surface area (TPSA) is 66.9 Å². The number of pyridine rings is 1. The summed E-state index contributed by atoms with van der Waals surface area (Å²) in [5.74, 6) is 2.50. The molecule has 2 saturated carbocycles. The maximum atomic E-state index is 11.5. The molecule has 0 N–H and O–H groups in total. The third kappa shape index (κ3) is 5.78. The summed E-state index contributed by atoms with van der Waals surface area (Å²) in [5.41, 5.74) is 1.40. The molecule has 2 aliphatic carbocycles. The molecule has 1 aromatic rings. The van der Waals surface area contributed by atoms with Gasteiger partial charge in [0.1, 0.15) is 5.75 Å². The lowest BCUT2D eigenvalue weighted by atomic mass is 9.57. The van der Waals surface area contributed by atoms with Gasteiger partial charge in [0, 0.05) is 24.2 Å². The van der Waals surface area contributed by atoms with Crippen molar-refractivity contribution >= 4 is 5.97 Å². The number of hydrogen-bond donors (Lipinski definition) is 0. The number of nitrogens with zero attached hydrogens (tertiary/aromatic N) is 1. The van der Waals surface area contributed by atoms with E-state index in [1.165, 1.54) is 31.9 Å². The Morgan fingerprint density at radius 3 is 2.76 bits per heavy atom. The highest BCUT2D eigenvalue weighted by atomic mass is 16.7. The van der Waals surface area contributed by atoms with E-state index in [9.17, 15) is 4.79 Å². The van der Waals surface area contributed by atoms with Crippen LogP contribution in [0.15, 0.2) is 36.7 Å². The number of aromatic nitrogens is 1. The quantitative estimate of drug-likeness (QED) is 0.408. The fourth-order valence-electron chi connectivity index (χ4n) is 6.26. The molecule has 0 bridgehead atoms. The Kier molecular flexibility index (Phi) is 8.07. The van der Waals surface area contributed by atoms with Crippen molar-refractivity contribution in [1.82, 2.24) is 4.98 Å². The van der Waals surface area contributed by atoms with Crippen molar-refractivity contribution in [3.8, 4) is 5.75 Å². The normalized spacial score (nSPS) is 34.4. The van der Waals surface area contributed by atoms with E-state index in [-0.39, 0.29) is 23.8 Å². The number of methoxy groups -OCH3 is 1. The highest BCUT2D eigenvalue weighted by Gasteiger charge is 2.52. The standard InChI is InChI=1S/C27H39NO5/c1-19-4-8-23-21(6-5-20(19)14-17-31-22-12-15-28-16-13-22)7-9-24-27(23,2)18-32-26(33-24)11-10-25(29)30-3/h12-13,15-16,20-21,23-24,26H,1,4-11,14,17-18H2,2-3H3/t20-,21+,23?,24-,26-,27+/m1/s1. The summed E-state index contributed by atoms with van der Waals surface area (Å²) in [6, 6.07) is 3.82. The maximum Gasteiger partial charge on any atom is 0.305 e. The summed E-state index contributed by atoms with van der Waals surface area (Å²) in [7, 11) is 1.42. The molecule has 1 aliphatic heterocycles. The second-order valence-corrected chi connectivity index (χ2v) is 10.2. The van der Waals surface area contributed by atoms with Crippen LogP contribution in [0.1, 0.15) is 64.7 Å². The van der Waals surface area contributed by atoms with Gasteiger partial charge in [0.15, 0.2) is 6.29 Å². The molecule has 0 radical (unpaired) electrons. The van der Waals surface area contributed by atoms with Crippen LogP contribution in [0.5, 0.6) is 5.75 Å². The molecule has 0 spiro atoms. The molecular weight excluding hydrogens is 418 g/mol. The molecular formula is C27H39NO5. The van der Waals surface area contributed by atoms with Gasteiger partial charge in [0.2, 0.25) is 0 Å².